The maximum absolute atomic E-state index is 11.8. The quantitative estimate of drug-likeness (QED) is 0.794. The molecule has 1 aromatic rings. The number of aryl methyl sites for hydroxylation is 1. The van der Waals surface area contributed by atoms with Crippen molar-refractivity contribution in [3.05, 3.63) is 29.6 Å². The third kappa shape index (κ3) is 4.70. The van der Waals surface area contributed by atoms with Gasteiger partial charge >= 0.3 is 0 Å². The number of aromatic nitrogens is 2. The normalized spacial score (nSPS) is 23.0. The van der Waals surface area contributed by atoms with E-state index in [-0.39, 0.29) is 18.0 Å². The lowest BCUT2D eigenvalue weighted by molar-refractivity contribution is -0.124. The number of nitrogens with one attached hydrogen (secondary N) is 2. The molecule has 2 rings (SSSR count). The van der Waals surface area contributed by atoms with E-state index in [9.17, 15) is 4.79 Å². The number of allylic oxidation sites excluding steroid dienone is 2. The molecule has 1 unspecified atom stereocenters. The van der Waals surface area contributed by atoms with Gasteiger partial charge in [0.1, 0.15) is 0 Å². The lowest BCUT2D eigenvalue weighted by atomic mass is 9.92. The third-order valence-corrected chi connectivity index (χ3v) is 4.14. The van der Waals surface area contributed by atoms with Crippen molar-refractivity contribution in [1.29, 1.82) is 0 Å². The summed E-state index contributed by atoms with van der Waals surface area (Å²) in [4.78, 5) is 11.8. The number of piperidine rings is 1. The smallest absolute Gasteiger partial charge is 0.220 e. The maximum atomic E-state index is 11.8. The van der Waals surface area contributed by atoms with Crippen molar-refractivity contribution in [2.75, 3.05) is 0 Å². The van der Waals surface area contributed by atoms with Crippen molar-refractivity contribution in [2.45, 2.75) is 64.6 Å². The van der Waals surface area contributed by atoms with Crippen LogP contribution in [0.15, 0.2) is 24.0 Å². The first-order chi connectivity index (χ1) is 10.5. The summed E-state index contributed by atoms with van der Waals surface area (Å²) < 4.78 is 1.78. The van der Waals surface area contributed by atoms with Gasteiger partial charge in [0, 0.05) is 37.3 Å². The molecule has 2 N–H and O–H groups in total. The largest absolute Gasteiger partial charge is 0.348 e. The molecule has 0 aromatic carbocycles. The lowest BCUT2D eigenvalue weighted by Crippen LogP contribution is -2.50. The molecule has 0 aliphatic carbocycles. The number of amides is 1. The molecule has 1 aromatic heterocycles. The summed E-state index contributed by atoms with van der Waals surface area (Å²) in [6.07, 6.45) is 9.77. The van der Waals surface area contributed by atoms with Crippen LogP contribution in [0.3, 0.4) is 0 Å². The van der Waals surface area contributed by atoms with Crippen molar-refractivity contribution in [2.24, 2.45) is 7.05 Å². The molecule has 5 nitrogen and oxygen atoms in total. The molecule has 2 heterocycles. The summed E-state index contributed by atoms with van der Waals surface area (Å²) in [5, 5.41) is 11.0. The molecule has 0 radical (unpaired) electrons. The van der Waals surface area contributed by atoms with E-state index in [1.54, 1.807) is 4.68 Å². The molecule has 1 amide bonds. The van der Waals surface area contributed by atoms with Gasteiger partial charge in [0.05, 0.1) is 12.2 Å². The van der Waals surface area contributed by atoms with Crippen LogP contribution >= 0.6 is 0 Å². The molecular formula is C17H28N4O. The molecule has 3 atom stereocenters. The van der Waals surface area contributed by atoms with Crippen molar-refractivity contribution >= 4 is 5.91 Å². The van der Waals surface area contributed by atoms with E-state index in [1.807, 2.05) is 19.4 Å². The van der Waals surface area contributed by atoms with E-state index in [0.717, 1.165) is 24.8 Å². The van der Waals surface area contributed by atoms with Gasteiger partial charge in [-0.15, -0.1) is 0 Å². The minimum atomic E-state index is 0.0147. The SMILES string of the molecule is CC(C)=CCCC(C)N[C@@H]1CCC(=O)N[C@H]1c1cnn(C)c1. The summed E-state index contributed by atoms with van der Waals surface area (Å²) >= 11 is 0. The summed E-state index contributed by atoms with van der Waals surface area (Å²) in [7, 11) is 1.90. The number of carbonyl (C=O) groups is 1. The Balaban J connectivity index is 1.97. The highest BCUT2D eigenvalue weighted by molar-refractivity contribution is 5.77. The molecule has 5 heteroatoms. The highest BCUT2D eigenvalue weighted by Crippen LogP contribution is 2.24. The van der Waals surface area contributed by atoms with Gasteiger partial charge in [0.25, 0.3) is 0 Å². The Morgan fingerprint density at radius 1 is 1.59 bits per heavy atom. The van der Waals surface area contributed by atoms with Gasteiger partial charge in [-0.3, -0.25) is 9.48 Å². The highest BCUT2D eigenvalue weighted by Gasteiger charge is 2.31. The van der Waals surface area contributed by atoms with Gasteiger partial charge in [0.15, 0.2) is 0 Å². The van der Waals surface area contributed by atoms with Crippen LogP contribution in [-0.4, -0.2) is 27.8 Å². The molecule has 0 saturated carbocycles. The number of carbonyl (C=O) groups excluding carboxylic acids is 1. The summed E-state index contributed by atoms with van der Waals surface area (Å²) in [6, 6.07) is 0.708. The van der Waals surface area contributed by atoms with Crippen LogP contribution in [0, 0.1) is 0 Å². The minimum Gasteiger partial charge on any atom is -0.348 e. The summed E-state index contributed by atoms with van der Waals surface area (Å²) in [5.74, 6) is 0.129. The third-order valence-electron chi connectivity index (χ3n) is 4.14. The van der Waals surface area contributed by atoms with E-state index in [2.05, 4.69) is 42.6 Å². The van der Waals surface area contributed by atoms with Gasteiger partial charge in [0.2, 0.25) is 5.91 Å². The van der Waals surface area contributed by atoms with Gasteiger partial charge in [-0.05, 0) is 40.0 Å². The fraction of sp³-hybridized carbons (Fsp3) is 0.647. The Labute approximate surface area is 133 Å². The van der Waals surface area contributed by atoms with Crippen LogP contribution < -0.4 is 10.6 Å². The fourth-order valence-corrected chi connectivity index (χ4v) is 2.97. The maximum Gasteiger partial charge on any atom is 0.220 e. The second-order valence-corrected chi connectivity index (χ2v) is 6.56. The van der Waals surface area contributed by atoms with Crippen LogP contribution in [0.25, 0.3) is 0 Å². The van der Waals surface area contributed by atoms with Crippen LogP contribution in [0.1, 0.15) is 58.1 Å². The van der Waals surface area contributed by atoms with Crippen LogP contribution in [0.2, 0.25) is 0 Å². The van der Waals surface area contributed by atoms with E-state index >= 15 is 0 Å². The molecule has 0 spiro atoms. The molecule has 1 fully saturated rings. The molecule has 0 bridgehead atoms. The standard InChI is InChI=1S/C17H28N4O/c1-12(2)6-5-7-13(3)19-15-8-9-16(22)20-17(15)14-10-18-21(4)11-14/h6,10-11,13,15,17,19H,5,7-9H2,1-4H3,(H,20,22)/t13?,15-,17+/m1/s1. The van der Waals surface area contributed by atoms with E-state index in [4.69, 9.17) is 0 Å². The summed E-state index contributed by atoms with van der Waals surface area (Å²) in [6.45, 7) is 6.48. The van der Waals surface area contributed by atoms with Gasteiger partial charge in [-0.25, -0.2) is 0 Å². The number of nitrogens with zero attached hydrogens (tertiary/aromatic N) is 2. The van der Waals surface area contributed by atoms with Crippen molar-refractivity contribution < 1.29 is 4.79 Å². The van der Waals surface area contributed by atoms with Gasteiger partial charge in [-0.2, -0.15) is 5.10 Å². The zero-order valence-electron chi connectivity index (χ0n) is 14.1. The molecule has 1 aliphatic rings. The number of hydrogen-bond acceptors (Lipinski definition) is 3. The minimum absolute atomic E-state index is 0.0147. The molecular weight excluding hydrogens is 276 g/mol. The molecule has 1 aliphatic heterocycles. The van der Waals surface area contributed by atoms with E-state index in [0.29, 0.717) is 12.5 Å². The second-order valence-electron chi connectivity index (χ2n) is 6.56. The monoisotopic (exact) mass is 304 g/mol. The molecule has 122 valence electrons. The predicted octanol–water partition coefficient (Wildman–Crippen LogP) is 2.46. The first-order valence-electron chi connectivity index (χ1n) is 8.13. The number of hydrogen-bond donors (Lipinski definition) is 2. The highest BCUT2D eigenvalue weighted by atomic mass is 16.1. The molecule has 22 heavy (non-hydrogen) atoms. The average Bonchev–Trinajstić information content (AvgIpc) is 2.87. The zero-order valence-corrected chi connectivity index (χ0v) is 14.1. The van der Waals surface area contributed by atoms with Crippen molar-refractivity contribution in [3.63, 3.8) is 0 Å². The molecule has 1 saturated heterocycles. The average molecular weight is 304 g/mol. The lowest BCUT2D eigenvalue weighted by Gasteiger charge is -2.34. The van der Waals surface area contributed by atoms with Gasteiger partial charge in [-0.1, -0.05) is 11.6 Å². The Hall–Kier alpha value is -1.62. The Morgan fingerprint density at radius 3 is 3.00 bits per heavy atom. The Bertz CT molecular complexity index is 531. The van der Waals surface area contributed by atoms with Crippen LogP contribution in [-0.2, 0) is 11.8 Å². The van der Waals surface area contributed by atoms with E-state index in [1.165, 1.54) is 5.57 Å². The number of rotatable bonds is 6. The van der Waals surface area contributed by atoms with Crippen molar-refractivity contribution in [1.82, 2.24) is 20.4 Å². The van der Waals surface area contributed by atoms with Crippen molar-refractivity contribution in [3.8, 4) is 0 Å². The second kappa shape index (κ2) is 7.58. The predicted molar refractivity (Wildman–Crippen MR) is 88.4 cm³/mol. The zero-order chi connectivity index (χ0) is 16.1. The van der Waals surface area contributed by atoms with Gasteiger partial charge < -0.3 is 10.6 Å². The first-order valence-corrected chi connectivity index (χ1v) is 8.13. The first kappa shape index (κ1) is 16.7. The fourth-order valence-electron chi connectivity index (χ4n) is 2.97. The van der Waals surface area contributed by atoms with E-state index < -0.39 is 0 Å². The van der Waals surface area contributed by atoms with Crippen LogP contribution in [0.5, 0.6) is 0 Å². The van der Waals surface area contributed by atoms with Crippen LogP contribution in [0.4, 0.5) is 0 Å². The topological polar surface area (TPSA) is 59.0 Å². The Kier molecular flexibility index (Phi) is 5.77. The Morgan fingerprint density at radius 2 is 2.36 bits per heavy atom. The summed E-state index contributed by atoms with van der Waals surface area (Å²) in [5.41, 5.74) is 2.44.